The predicted octanol–water partition coefficient (Wildman–Crippen LogP) is 2.56. The highest BCUT2D eigenvalue weighted by Gasteiger charge is 2.26. The molecular weight excluding hydrogens is 348 g/mol. The molecule has 0 saturated carbocycles. The number of rotatable bonds is 8. The maximum atomic E-state index is 12.1. The third-order valence-electron chi connectivity index (χ3n) is 4.96. The lowest BCUT2D eigenvalue weighted by Gasteiger charge is -2.36. The van der Waals surface area contributed by atoms with Gasteiger partial charge in [-0.1, -0.05) is 25.5 Å². The summed E-state index contributed by atoms with van der Waals surface area (Å²) in [6, 6.07) is 8.72. The minimum absolute atomic E-state index is 0. The van der Waals surface area contributed by atoms with Crippen molar-refractivity contribution in [2.24, 2.45) is 5.73 Å². The van der Waals surface area contributed by atoms with Gasteiger partial charge in [-0.2, -0.15) is 0 Å². The molecule has 5 nitrogen and oxygen atoms in total. The fourth-order valence-corrected chi connectivity index (χ4v) is 3.39. The molecule has 0 spiro atoms. The summed E-state index contributed by atoms with van der Waals surface area (Å²) in [5.41, 5.74) is 7.94. The molecule has 1 unspecified atom stereocenters. The molecular formula is C20H35ClN4O. The molecule has 2 rings (SSSR count). The molecule has 1 aromatic rings. The lowest BCUT2D eigenvalue weighted by molar-refractivity contribution is -0.126. The Hall–Kier alpha value is -1.30. The number of nitrogens with two attached hydrogens (primary N) is 1. The van der Waals surface area contributed by atoms with E-state index in [-0.39, 0.29) is 18.3 Å². The van der Waals surface area contributed by atoms with E-state index in [0.29, 0.717) is 6.54 Å². The number of halogens is 1. The van der Waals surface area contributed by atoms with E-state index >= 15 is 0 Å². The van der Waals surface area contributed by atoms with Gasteiger partial charge in [0.1, 0.15) is 0 Å². The maximum absolute atomic E-state index is 12.1. The third-order valence-corrected chi connectivity index (χ3v) is 4.96. The summed E-state index contributed by atoms with van der Waals surface area (Å²) in [6.45, 7) is 12.0. The van der Waals surface area contributed by atoms with Crippen LogP contribution in [0.15, 0.2) is 24.3 Å². The van der Waals surface area contributed by atoms with Crippen LogP contribution in [-0.2, 0) is 4.79 Å². The van der Waals surface area contributed by atoms with E-state index in [0.717, 1.165) is 52.0 Å². The average molecular weight is 383 g/mol. The first-order chi connectivity index (χ1) is 11.9. The second kappa shape index (κ2) is 10.8. The van der Waals surface area contributed by atoms with E-state index in [9.17, 15) is 4.79 Å². The number of aryl methyl sites for hydroxylation is 1. The van der Waals surface area contributed by atoms with Gasteiger partial charge in [0.25, 0.3) is 0 Å². The van der Waals surface area contributed by atoms with Gasteiger partial charge in [-0.3, -0.25) is 9.69 Å². The summed E-state index contributed by atoms with van der Waals surface area (Å²) in [5.74, 6) is -0.0291. The molecule has 1 aliphatic heterocycles. The van der Waals surface area contributed by atoms with Gasteiger partial charge in [0.15, 0.2) is 0 Å². The molecule has 1 atom stereocenters. The minimum atomic E-state index is -0.742. The Labute approximate surface area is 164 Å². The number of carbonyl (C=O) groups is 1. The highest BCUT2D eigenvalue weighted by Crippen LogP contribution is 2.17. The first-order valence-electron chi connectivity index (χ1n) is 9.53. The topological polar surface area (TPSA) is 61.6 Å². The van der Waals surface area contributed by atoms with Gasteiger partial charge < -0.3 is 16.0 Å². The molecule has 0 radical (unpaired) electrons. The van der Waals surface area contributed by atoms with E-state index < -0.39 is 5.54 Å². The van der Waals surface area contributed by atoms with E-state index in [4.69, 9.17) is 5.73 Å². The zero-order valence-electron chi connectivity index (χ0n) is 16.5. The van der Waals surface area contributed by atoms with E-state index in [1.807, 2.05) is 6.92 Å². The van der Waals surface area contributed by atoms with Crippen molar-refractivity contribution in [3.8, 4) is 0 Å². The highest BCUT2D eigenvalue weighted by molar-refractivity contribution is 5.85. The first kappa shape index (κ1) is 22.7. The summed E-state index contributed by atoms with van der Waals surface area (Å²) >= 11 is 0. The molecule has 6 heteroatoms. The van der Waals surface area contributed by atoms with Crippen molar-refractivity contribution in [3.63, 3.8) is 0 Å². The van der Waals surface area contributed by atoms with E-state index in [2.05, 4.69) is 53.2 Å². The van der Waals surface area contributed by atoms with E-state index in [1.165, 1.54) is 11.3 Å². The second-order valence-electron chi connectivity index (χ2n) is 7.44. The summed E-state index contributed by atoms with van der Waals surface area (Å²) in [4.78, 5) is 17.0. The number of nitrogens with zero attached hydrogens (tertiary/aromatic N) is 2. The molecule has 148 valence electrons. The van der Waals surface area contributed by atoms with Crippen LogP contribution in [0.2, 0.25) is 0 Å². The Bertz CT molecular complexity index is 556. The molecule has 1 aromatic carbocycles. The van der Waals surface area contributed by atoms with Crippen molar-refractivity contribution in [2.75, 3.05) is 44.2 Å². The molecule has 1 aliphatic rings. The van der Waals surface area contributed by atoms with Crippen molar-refractivity contribution in [1.29, 1.82) is 0 Å². The monoisotopic (exact) mass is 382 g/mol. The number of piperazine rings is 1. The van der Waals surface area contributed by atoms with Crippen molar-refractivity contribution in [1.82, 2.24) is 10.2 Å². The van der Waals surface area contributed by atoms with Crippen LogP contribution in [0.3, 0.4) is 0 Å². The summed E-state index contributed by atoms with van der Waals surface area (Å²) in [5, 5.41) is 2.99. The van der Waals surface area contributed by atoms with Crippen LogP contribution >= 0.6 is 12.4 Å². The fourth-order valence-electron chi connectivity index (χ4n) is 3.39. The Balaban J connectivity index is 0.00000338. The van der Waals surface area contributed by atoms with Crippen molar-refractivity contribution in [3.05, 3.63) is 29.8 Å². The zero-order chi connectivity index (χ0) is 18.3. The van der Waals surface area contributed by atoms with Crippen LogP contribution < -0.4 is 16.0 Å². The van der Waals surface area contributed by atoms with Gasteiger partial charge in [-0.25, -0.2) is 0 Å². The summed E-state index contributed by atoms with van der Waals surface area (Å²) < 4.78 is 0. The number of amides is 1. The minimum Gasteiger partial charge on any atom is -0.369 e. The van der Waals surface area contributed by atoms with Crippen LogP contribution in [0, 0.1) is 6.92 Å². The first-order valence-corrected chi connectivity index (χ1v) is 9.53. The molecule has 0 aliphatic carbocycles. The third kappa shape index (κ3) is 6.78. The Morgan fingerprint density at radius 2 is 1.96 bits per heavy atom. The average Bonchev–Trinajstić information content (AvgIpc) is 2.59. The maximum Gasteiger partial charge on any atom is 0.239 e. The van der Waals surface area contributed by atoms with Gasteiger partial charge in [0.2, 0.25) is 5.91 Å². The smallest absolute Gasteiger partial charge is 0.239 e. The lowest BCUT2D eigenvalue weighted by atomic mass is 9.96. The van der Waals surface area contributed by atoms with Gasteiger partial charge in [-0.05, 0) is 50.9 Å². The van der Waals surface area contributed by atoms with Crippen molar-refractivity contribution < 1.29 is 4.79 Å². The number of hydrogen-bond acceptors (Lipinski definition) is 4. The van der Waals surface area contributed by atoms with Crippen LogP contribution in [0.4, 0.5) is 5.69 Å². The molecule has 0 bridgehead atoms. The van der Waals surface area contributed by atoms with Crippen LogP contribution in [0.1, 0.15) is 38.7 Å². The number of nitrogens with one attached hydrogen (secondary N) is 1. The largest absolute Gasteiger partial charge is 0.369 e. The van der Waals surface area contributed by atoms with Gasteiger partial charge in [-0.15, -0.1) is 12.4 Å². The van der Waals surface area contributed by atoms with Crippen molar-refractivity contribution >= 4 is 24.0 Å². The van der Waals surface area contributed by atoms with Crippen LogP contribution in [0.5, 0.6) is 0 Å². The zero-order valence-corrected chi connectivity index (χ0v) is 17.3. The normalized spacial score (nSPS) is 17.3. The molecule has 26 heavy (non-hydrogen) atoms. The second-order valence-corrected chi connectivity index (χ2v) is 7.44. The van der Waals surface area contributed by atoms with Gasteiger partial charge in [0.05, 0.1) is 5.54 Å². The number of anilines is 1. The quantitative estimate of drug-likeness (QED) is 0.678. The van der Waals surface area contributed by atoms with Crippen LogP contribution in [-0.4, -0.2) is 55.6 Å². The number of benzene rings is 1. The number of carbonyl (C=O) groups excluding carboxylic acids is 1. The Morgan fingerprint density at radius 1 is 1.27 bits per heavy atom. The van der Waals surface area contributed by atoms with Gasteiger partial charge in [0, 0.05) is 38.4 Å². The molecule has 3 N–H and O–H groups in total. The Kier molecular flexibility index (Phi) is 9.41. The molecule has 1 fully saturated rings. The molecule has 0 aromatic heterocycles. The lowest BCUT2D eigenvalue weighted by Crippen LogP contribution is -2.52. The van der Waals surface area contributed by atoms with E-state index in [1.54, 1.807) is 0 Å². The van der Waals surface area contributed by atoms with Gasteiger partial charge >= 0.3 is 0 Å². The SMILES string of the molecule is CCCC(C)(N)C(=O)NCCCN1CCN(c2cccc(C)c2)CC1.Cl. The fraction of sp³-hybridized carbons (Fsp3) is 0.650. The molecule has 1 amide bonds. The summed E-state index contributed by atoms with van der Waals surface area (Å²) in [6.07, 6.45) is 2.61. The molecule has 1 saturated heterocycles. The highest BCUT2D eigenvalue weighted by atomic mass is 35.5. The van der Waals surface area contributed by atoms with Crippen LogP contribution in [0.25, 0.3) is 0 Å². The standard InChI is InChI=1S/C20H34N4O.ClH/c1-4-9-20(3,21)19(25)22-10-6-11-23-12-14-24(15-13-23)18-8-5-7-17(2)16-18;/h5,7-8,16H,4,6,9-15,21H2,1-3H3,(H,22,25);1H. The van der Waals surface area contributed by atoms with Crippen molar-refractivity contribution in [2.45, 2.75) is 45.6 Å². The number of hydrogen-bond donors (Lipinski definition) is 2. The predicted molar refractivity (Wildman–Crippen MR) is 112 cm³/mol. The molecule has 1 heterocycles. The summed E-state index contributed by atoms with van der Waals surface area (Å²) in [7, 11) is 0. The Morgan fingerprint density at radius 3 is 2.58 bits per heavy atom.